The van der Waals surface area contributed by atoms with Crippen LogP contribution in [0.4, 0.5) is 4.39 Å². The molecule has 0 aliphatic carbocycles. The highest BCUT2D eigenvalue weighted by molar-refractivity contribution is 5.77. The lowest BCUT2D eigenvalue weighted by Gasteiger charge is -2.21. The summed E-state index contributed by atoms with van der Waals surface area (Å²) in [5.74, 6) is 0.454. The maximum Gasteiger partial charge on any atom is 0.327 e. The van der Waals surface area contributed by atoms with Gasteiger partial charge < -0.3 is 9.15 Å². The summed E-state index contributed by atoms with van der Waals surface area (Å²) in [7, 11) is 1.28. The molecular weight excluding hydrogens is 273 g/mol. The summed E-state index contributed by atoms with van der Waals surface area (Å²) in [6.45, 7) is 3.68. The average Bonchev–Trinajstić information content (AvgIpc) is 2.91. The molecule has 0 saturated carbocycles. The zero-order chi connectivity index (χ0) is 15.4. The van der Waals surface area contributed by atoms with Gasteiger partial charge in [-0.1, -0.05) is 18.2 Å². The molecule has 112 valence electrons. The number of carbonyl (C=O) groups is 1. The summed E-state index contributed by atoms with van der Waals surface area (Å²) in [4.78, 5) is 12.0. The van der Waals surface area contributed by atoms with Gasteiger partial charge >= 0.3 is 5.97 Å². The molecule has 0 saturated heterocycles. The Morgan fingerprint density at radius 2 is 2.00 bits per heavy atom. The number of hydrogen-bond acceptors (Lipinski definition) is 4. The van der Waals surface area contributed by atoms with Crippen molar-refractivity contribution in [2.45, 2.75) is 25.9 Å². The summed E-state index contributed by atoms with van der Waals surface area (Å²) in [5, 5.41) is 3.05. The normalized spacial score (nSPS) is 13.7. The first-order valence-corrected chi connectivity index (χ1v) is 6.67. The molecule has 21 heavy (non-hydrogen) atoms. The molecule has 5 heteroatoms. The number of hydrogen-bond donors (Lipinski definition) is 1. The van der Waals surface area contributed by atoms with E-state index in [2.05, 4.69) is 5.32 Å². The van der Waals surface area contributed by atoms with E-state index in [0.29, 0.717) is 5.76 Å². The first kappa shape index (κ1) is 15.3. The predicted octanol–water partition coefficient (Wildman–Crippen LogP) is 3.29. The van der Waals surface area contributed by atoms with E-state index in [1.54, 1.807) is 18.2 Å². The van der Waals surface area contributed by atoms with Gasteiger partial charge in [0.1, 0.15) is 23.4 Å². The maximum absolute atomic E-state index is 13.9. The average molecular weight is 291 g/mol. The van der Waals surface area contributed by atoms with Gasteiger partial charge in [-0.25, -0.2) is 9.18 Å². The van der Waals surface area contributed by atoms with Crippen molar-refractivity contribution in [1.82, 2.24) is 5.32 Å². The van der Waals surface area contributed by atoms with Crippen LogP contribution in [0.2, 0.25) is 0 Å². The van der Waals surface area contributed by atoms with Crippen LogP contribution in [-0.2, 0) is 9.53 Å². The number of benzene rings is 1. The van der Waals surface area contributed by atoms with Gasteiger partial charge in [-0.05, 0) is 32.0 Å². The van der Waals surface area contributed by atoms with Crippen molar-refractivity contribution in [2.75, 3.05) is 7.11 Å². The van der Waals surface area contributed by atoms with Crippen molar-refractivity contribution in [3.05, 3.63) is 59.3 Å². The smallest absolute Gasteiger partial charge is 0.327 e. The van der Waals surface area contributed by atoms with Gasteiger partial charge in [0, 0.05) is 5.56 Å². The maximum atomic E-state index is 13.9. The molecule has 0 spiro atoms. The summed E-state index contributed by atoms with van der Waals surface area (Å²) in [6.07, 6.45) is 0. The van der Waals surface area contributed by atoms with Crippen LogP contribution in [0.25, 0.3) is 0 Å². The Bertz CT molecular complexity index is 623. The number of carbonyl (C=O) groups excluding carboxylic acids is 1. The topological polar surface area (TPSA) is 51.5 Å². The first-order chi connectivity index (χ1) is 10.0. The van der Waals surface area contributed by atoms with Gasteiger partial charge in [-0.3, -0.25) is 5.32 Å². The Hall–Kier alpha value is -2.14. The van der Waals surface area contributed by atoms with E-state index in [1.165, 1.54) is 13.2 Å². The summed E-state index contributed by atoms with van der Waals surface area (Å²) in [6, 6.07) is 8.63. The number of esters is 1. The highest BCUT2D eigenvalue weighted by Crippen LogP contribution is 2.23. The highest BCUT2D eigenvalue weighted by atomic mass is 19.1. The molecule has 1 aromatic heterocycles. The second-order valence-electron chi connectivity index (χ2n) is 4.81. The fourth-order valence-corrected chi connectivity index (χ4v) is 2.13. The Morgan fingerprint density at radius 3 is 2.57 bits per heavy atom. The van der Waals surface area contributed by atoms with E-state index >= 15 is 0 Å². The monoisotopic (exact) mass is 291 g/mol. The number of methoxy groups -OCH3 is 1. The van der Waals surface area contributed by atoms with Gasteiger partial charge in [0.05, 0.1) is 13.2 Å². The zero-order valence-electron chi connectivity index (χ0n) is 12.2. The molecule has 1 heterocycles. The lowest BCUT2D eigenvalue weighted by molar-refractivity contribution is -0.143. The fraction of sp³-hybridized carbons (Fsp3) is 0.312. The number of aryl methyl sites for hydroxylation is 1. The summed E-state index contributed by atoms with van der Waals surface area (Å²) >= 11 is 0. The molecule has 1 N–H and O–H groups in total. The van der Waals surface area contributed by atoms with Crippen LogP contribution < -0.4 is 5.32 Å². The second-order valence-corrected chi connectivity index (χ2v) is 4.81. The minimum absolute atomic E-state index is 0.250. The SMILES string of the molecule is COC(=O)[C@H](N[C@@H](C)c1ccc(C)o1)c1ccccc1F. The quantitative estimate of drug-likeness (QED) is 0.859. The van der Waals surface area contributed by atoms with Crippen molar-refractivity contribution >= 4 is 5.97 Å². The van der Waals surface area contributed by atoms with E-state index < -0.39 is 17.8 Å². The second kappa shape index (κ2) is 6.54. The van der Waals surface area contributed by atoms with Gasteiger partial charge in [-0.15, -0.1) is 0 Å². The Labute approximate surface area is 122 Å². The van der Waals surface area contributed by atoms with E-state index in [-0.39, 0.29) is 11.6 Å². The molecule has 1 aromatic carbocycles. The molecule has 0 aliphatic heterocycles. The van der Waals surface area contributed by atoms with Crippen LogP contribution in [0.1, 0.15) is 36.1 Å². The molecule has 2 aromatic rings. The number of rotatable bonds is 5. The molecule has 2 rings (SSSR count). The Kier molecular flexibility index (Phi) is 4.75. The highest BCUT2D eigenvalue weighted by Gasteiger charge is 2.27. The van der Waals surface area contributed by atoms with Crippen molar-refractivity contribution < 1.29 is 18.3 Å². The minimum Gasteiger partial charge on any atom is -0.468 e. The van der Waals surface area contributed by atoms with E-state index in [0.717, 1.165) is 5.76 Å². The minimum atomic E-state index is -0.892. The van der Waals surface area contributed by atoms with Crippen LogP contribution in [0.5, 0.6) is 0 Å². The van der Waals surface area contributed by atoms with Gasteiger partial charge in [0.15, 0.2) is 0 Å². The standard InChI is InChI=1S/C16H18FNO3/c1-10-8-9-14(21-10)11(2)18-15(16(19)20-3)12-6-4-5-7-13(12)17/h4-9,11,15,18H,1-3H3/t11-,15+/m0/s1. The van der Waals surface area contributed by atoms with Crippen LogP contribution in [0, 0.1) is 12.7 Å². The first-order valence-electron chi connectivity index (χ1n) is 6.67. The van der Waals surface area contributed by atoms with Gasteiger partial charge in [0.25, 0.3) is 0 Å². The lowest BCUT2D eigenvalue weighted by atomic mass is 10.0. The van der Waals surface area contributed by atoms with Gasteiger partial charge in [0.2, 0.25) is 0 Å². The van der Waals surface area contributed by atoms with Crippen LogP contribution in [-0.4, -0.2) is 13.1 Å². The van der Waals surface area contributed by atoms with Crippen LogP contribution in [0.3, 0.4) is 0 Å². The zero-order valence-corrected chi connectivity index (χ0v) is 12.2. The number of nitrogens with one attached hydrogen (secondary N) is 1. The Balaban J connectivity index is 2.25. The number of halogens is 1. The fourth-order valence-electron chi connectivity index (χ4n) is 2.13. The van der Waals surface area contributed by atoms with Crippen molar-refractivity contribution in [2.24, 2.45) is 0 Å². The number of furan rings is 1. The molecule has 0 fully saturated rings. The summed E-state index contributed by atoms with van der Waals surface area (Å²) < 4.78 is 24.2. The summed E-state index contributed by atoms with van der Waals surface area (Å²) in [5.41, 5.74) is 0.250. The van der Waals surface area contributed by atoms with Crippen LogP contribution >= 0.6 is 0 Å². The third kappa shape index (κ3) is 3.49. The third-order valence-electron chi connectivity index (χ3n) is 3.26. The Morgan fingerprint density at radius 1 is 1.29 bits per heavy atom. The molecule has 4 nitrogen and oxygen atoms in total. The van der Waals surface area contributed by atoms with Crippen molar-refractivity contribution in [3.8, 4) is 0 Å². The largest absolute Gasteiger partial charge is 0.468 e. The molecule has 0 unspecified atom stereocenters. The van der Waals surface area contributed by atoms with E-state index in [9.17, 15) is 9.18 Å². The molecular formula is C16H18FNO3. The van der Waals surface area contributed by atoms with Crippen LogP contribution in [0.15, 0.2) is 40.8 Å². The van der Waals surface area contributed by atoms with E-state index in [1.807, 2.05) is 26.0 Å². The molecule has 0 radical (unpaired) electrons. The molecule has 0 bridgehead atoms. The van der Waals surface area contributed by atoms with Gasteiger partial charge in [-0.2, -0.15) is 0 Å². The lowest BCUT2D eigenvalue weighted by Crippen LogP contribution is -2.32. The molecule has 0 amide bonds. The van der Waals surface area contributed by atoms with Crippen molar-refractivity contribution in [1.29, 1.82) is 0 Å². The third-order valence-corrected chi connectivity index (χ3v) is 3.26. The molecule has 0 aliphatic rings. The van der Waals surface area contributed by atoms with E-state index in [4.69, 9.17) is 9.15 Å². The predicted molar refractivity (Wildman–Crippen MR) is 76.2 cm³/mol. The number of ether oxygens (including phenoxy) is 1. The van der Waals surface area contributed by atoms with Crippen molar-refractivity contribution in [3.63, 3.8) is 0 Å². The molecule has 2 atom stereocenters.